The Morgan fingerprint density at radius 3 is 3.00 bits per heavy atom. The number of ether oxygens (including phenoxy) is 2. The van der Waals surface area contributed by atoms with Crippen LogP contribution in [0.1, 0.15) is 12.0 Å². The van der Waals surface area contributed by atoms with Crippen LogP contribution in [0.3, 0.4) is 0 Å². The molecule has 0 N–H and O–H groups in total. The second kappa shape index (κ2) is 4.94. The van der Waals surface area contributed by atoms with Crippen molar-refractivity contribution in [3.8, 4) is 5.75 Å². The van der Waals surface area contributed by atoms with Gasteiger partial charge in [0.2, 0.25) is 0 Å². The smallest absolute Gasteiger partial charge is 0.165 e. The molecule has 1 unspecified atom stereocenters. The third-order valence-electron chi connectivity index (χ3n) is 2.33. The van der Waals surface area contributed by atoms with Crippen LogP contribution in [-0.4, -0.2) is 19.3 Å². The lowest BCUT2D eigenvalue weighted by molar-refractivity contribution is 0.138. The molecule has 1 fully saturated rings. The standard InChI is InChI=1S/C11H12BrFO2/c12-6-8-1-2-11(10(13)5-8)15-9-3-4-14-7-9/h1-2,5,9H,3-4,6-7H2. The molecule has 0 radical (unpaired) electrons. The molecule has 1 aromatic carbocycles. The third kappa shape index (κ3) is 2.69. The fourth-order valence-corrected chi connectivity index (χ4v) is 1.86. The highest BCUT2D eigenvalue weighted by Gasteiger charge is 2.18. The molecule has 1 aromatic rings. The van der Waals surface area contributed by atoms with E-state index in [2.05, 4.69) is 15.9 Å². The van der Waals surface area contributed by atoms with Crippen LogP contribution in [0.5, 0.6) is 5.75 Å². The van der Waals surface area contributed by atoms with Crippen LogP contribution in [0.2, 0.25) is 0 Å². The molecular weight excluding hydrogens is 263 g/mol. The summed E-state index contributed by atoms with van der Waals surface area (Å²) in [4.78, 5) is 0. The third-order valence-corrected chi connectivity index (χ3v) is 2.98. The average molecular weight is 275 g/mol. The van der Waals surface area contributed by atoms with Crippen LogP contribution < -0.4 is 4.74 Å². The van der Waals surface area contributed by atoms with Crippen molar-refractivity contribution in [1.82, 2.24) is 0 Å². The molecule has 0 bridgehead atoms. The van der Waals surface area contributed by atoms with Crippen LogP contribution in [-0.2, 0) is 10.1 Å². The van der Waals surface area contributed by atoms with Gasteiger partial charge in [-0.15, -0.1) is 0 Å². The van der Waals surface area contributed by atoms with Gasteiger partial charge in [-0.05, 0) is 17.7 Å². The molecule has 0 saturated carbocycles. The van der Waals surface area contributed by atoms with Crippen molar-refractivity contribution in [3.05, 3.63) is 29.6 Å². The molecule has 2 nitrogen and oxygen atoms in total. The van der Waals surface area contributed by atoms with E-state index in [0.717, 1.165) is 12.0 Å². The van der Waals surface area contributed by atoms with Crippen molar-refractivity contribution in [1.29, 1.82) is 0 Å². The number of rotatable bonds is 3. The first-order valence-corrected chi connectivity index (χ1v) is 6.00. The van der Waals surface area contributed by atoms with Crippen molar-refractivity contribution >= 4 is 15.9 Å². The van der Waals surface area contributed by atoms with Gasteiger partial charge in [-0.25, -0.2) is 4.39 Å². The summed E-state index contributed by atoms with van der Waals surface area (Å²) in [5.74, 6) is 0.00838. The minimum Gasteiger partial charge on any atom is -0.485 e. The minimum atomic E-state index is -0.307. The Morgan fingerprint density at radius 1 is 1.53 bits per heavy atom. The van der Waals surface area contributed by atoms with Gasteiger partial charge in [-0.2, -0.15) is 0 Å². The van der Waals surface area contributed by atoms with E-state index >= 15 is 0 Å². The molecule has 1 aliphatic heterocycles. The summed E-state index contributed by atoms with van der Waals surface area (Å²) in [6, 6.07) is 5.01. The molecule has 0 spiro atoms. The Kier molecular flexibility index (Phi) is 3.59. The molecule has 82 valence electrons. The maximum atomic E-state index is 13.5. The zero-order valence-corrected chi connectivity index (χ0v) is 9.80. The van der Waals surface area contributed by atoms with Crippen LogP contribution in [0.25, 0.3) is 0 Å². The first-order valence-electron chi connectivity index (χ1n) is 4.88. The SMILES string of the molecule is Fc1cc(CBr)ccc1OC1CCOC1. The Balaban J connectivity index is 2.07. The minimum absolute atomic E-state index is 0.00526. The zero-order valence-electron chi connectivity index (χ0n) is 8.21. The lowest BCUT2D eigenvalue weighted by Gasteiger charge is -2.12. The van der Waals surface area contributed by atoms with Gasteiger partial charge in [0, 0.05) is 11.8 Å². The number of alkyl halides is 1. The molecule has 2 rings (SSSR count). The molecule has 15 heavy (non-hydrogen) atoms. The van der Waals surface area contributed by atoms with E-state index in [0.29, 0.717) is 24.3 Å². The summed E-state index contributed by atoms with van der Waals surface area (Å²) in [6.45, 7) is 1.26. The van der Waals surface area contributed by atoms with E-state index in [9.17, 15) is 4.39 Å². The summed E-state index contributed by atoms with van der Waals surface area (Å²) in [5, 5.41) is 0.650. The molecule has 1 saturated heterocycles. The molecule has 1 heterocycles. The molecule has 0 amide bonds. The molecular formula is C11H12BrFO2. The van der Waals surface area contributed by atoms with Gasteiger partial charge in [-0.1, -0.05) is 22.0 Å². The van der Waals surface area contributed by atoms with Gasteiger partial charge < -0.3 is 9.47 Å². The maximum Gasteiger partial charge on any atom is 0.165 e. The number of benzene rings is 1. The highest BCUT2D eigenvalue weighted by Crippen LogP contribution is 2.22. The summed E-state index contributed by atoms with van der Waals surface area (Å²) in [6.07, 6.45) is 0.828. The number of halogens is 2. The van der Waals surface area contributed by atoms with Crippen LogP contribution >= 0.6 is 15.9 Å². The Bertz CT molecular complexity index is 337. The van der Waals surface area contributed by atoms with Gasteiger partial charge >= 0.3 is 0 Å². The molecule has 1 aliphatic rings. The molecule has 0 aliphatic carbocycles. The van der Waals surface area contributed by atoms with Gasteiger partial charge in [0.05, 0.1) is 13.2 Å². The fourth-order valence-electron chi connectivity index (χ4n) is 1.51. The lowest BCUT2D eigenvalue weighted by atomic mass is 10.2. The predicted molar refractivity (Wildman–Crippen MR) is 58.9 cm³/mol. The normalized spacial score (nSPS) is 20.5. The van der Waals surface area contributed by atoms with Gasteiger partial charge in [0.1, 0.15) is 6.10 Å². The maximum absolute atomic E-state index is 13.5. The highest BCUT2D eigenvalue weighted by molar-refractivity contribution is 9.08. The van der Waals surface area contributed by atoms with Gasteiger partial charge in [0.25, 0.3) is 0 Å². The second-order valence-electron chi connectivity index (χ2n) is 3.50. The van der Waals surface area contributed by atoms with Crippen molar-refractivity contribution in [2.24, 2.45) is 0 Å². The van der Waals surface area contributed by atoms with Crippen LogP contribution in [0, 0.1) is 5.82 Å². The predicted octanol–water partition coefficient (Wildman–Crippen LogP) is 2.89. The molecule has 4 heteroatoms. The van der Waals surface area contributed by atoms with Crippen molar-refractivity contribution < 1.29 is 13.9 Å². The highest BCUT2D eigenvalue weighted by atomic mass is 79.9. The monoisotopic (exact) mass is 274 g/mol. The van der Waals surface area contributed by atoms with Crippen molar-refractivity contribution in [3.63, 3.8) is 0 Å². The average Bonchev–Trinajstić information content (AvgIpc) is 2.74. The first-order chi connectivity index (χ1) is 7.29. The number of hydrogen-bond acceptors (Lipinski definition) is 2. The van der Waals surface area contributed by atoms with Gasteiger partial charge in [-0.3, -0.25) is 0 Å². The van der Waals surface area contributed by atoms with Gasteiger partial charge in [0.15, 0.2) is 11.6 Å². The lowest BCUT2D eigenvalue weighted by Crippen LogP contribution is -2.16. The van der Waals surface area contributed by atoms with E-state index in [1.54, 1.807) is 6.07 Å². The van der Waals surface area contributed by atoms with E-state index in [-0.39, 0.29) is 11.9 Å². The largest absolute Gasteiger partial charge is 0.485 e. The van der Waals surface area contributed by atoms with Crippen molar-refractivity contribution in [2.45, 2.75) is 17.9 Å². The summed E-state index contributed by atoms with van der Waals surface area (Å²) < 4.78 is 24.2. The van der Waals surface area contributed by atoms with Crippen molar-refractivity contribution in [2.75, 3.05) is 13.2 Å². The Labute approximate surface area is 96.5 Å². The van der Waals surface area contributed by atoms with E-state index in [4.69, 9.17) is 9.47 Å². The topological polar surface area (TPSA) is 18.5 Å². The Morgan fingerprint density at radius 2 is 2.40 bits per heavy atom. The van der Waals surface area contributed by atoms with E-state index in [1.807, 2.05) is 6.07 Å². The zero-order chi connectivity index (χ0) is 10.7. The van der Waals surface area contributed by atoms with E-state index < -0.39 is 0 Å². The van der Waals surface area contributed by atoms with E-state index in [1.165, 1.54) is 6.07 Å². The quantitative estimate of drug-likeness (QED) is 0.790. The first kappa shape index (κ1) is 10.9. The summed E-state index contributed by atoms with van der Waals surface area (Å²) >= 11 is 3.28. The summed E-state index contributed by atoms with van der Waals surface area (Å²) in [5.41, 5.74) is 0.905. The second-order valence-corrected chi connectivity index (χ2v) is 4.06. The van der Waals surface area contributed by atoms with Crippen LogP contribution in [0.15, 0.2) is 18.2 Å². The fraction of sp³-hybridized carbons (Fsp3) is 0.455. The Hall–Kier alpha value is -0.610. The molecule has 1 atom stereocenters. The summed E-state index contributed by atoms with van der Waals surface area (Å²) in [7, 11) is 0. The molecule has 0 aromatic heterocycles. The van der Waals surface area contributed by atoms with Crippen LogP contribution in [0.4, 0.5) is 4.39 Å². The number of hydrogen-bond donors (Lipinski definition) is 0.